The number of rotatable bonds is 2. The molecule has 0 aliphatic carbocycles. The smallest absolute Gasteiger partial charge is 0.326 e. The molecule has 2 rings (SSSR count). The van der Waals surface area contributed by atoms with Gasteiger partial charge in [-0.3, -0.25) is 10.4 Å². The van der Waals surface area contributed by atoms with Crippen molar-refractivity contribution < 1.29 is 13.2 Å². The first-order valence-electron chi connectivity index (χ1n) is 6.50. The van der Waals surface area contributed by atoms with E-state index in [2.05, 4.69) is 15.6 Å². The number of pyridine rings is 1. The standard InChI is InChI=1S/C15H15F3N4/c1-9-7-11(8-10(2)20-9)21-14(19)22-13-6-4-3-5-12(13)15(16,17)18/h3-8H,1-2H3,(H3,19,20,21,22). The van der Waals surface area contributed by atoms with Gasteiger partial charge in [0.2, 0.25) is 0 Å². The normalized spacial score (nSPS) is 11.1. The van der Waals surface area contributed by atoms with Crippen LogP contribution in [-0.4, -0.2) is 10.9 Å². The lowest BCUT2D eigenvalue weighted by atomic mass is 10.1. The number of aryl methyl sites for hydroxylation is 2. The first-order chi connectivity index (χ1) is 10.3. The summed E-state index contributed by atoms with van der Waals surface area (Å²) in [6, 6.07) is 8.45. The van der Waals surface area contributed by atoms with Gasteiger partial charge in [-0.05, 0) is 38.1 Å². The molecule has 7 heteroatoms. The molecule has 116 valence electrons. The van der Waals surface area contributed by atoms with Gasteiger partial charge < -0.3 is 10.6 Å². The molecule has 2 aromatic rings. The molecule has 0 aliphatic heterocycles. The molecule has 1 aromatic heterocycles. The van der Waals surface area contributed by atoms with E-state index in [1.807, 2.05) is 0 Å². The molecule has 0 aliphatic rings. The van der Waals surface area contributed by atoms with E-state index in [-0.39, 0.29) is 11.6 Å². The van der Waals surface area contributed by atoms with Crippen LogP contribution in [0, 0.1) is 19.3 Å². The largest absolute Gasteiger partial charge is 0.418 e. The Morgan fingerprint density at radius 3 is 2.23 bits per heavy atom. The Morgan fingerprint density at radius 1 is 1.05 bits per heavy atom. The van der Waals surface area contributed by atoms with Crippen LogP contribution in [-0.2, 0) is 6.18 Å². The van der Waals surface area contributed by atoms with Gasteiger partial charge in [0.25, 0.3) is 0 Å². The van der Waals surface area contributed by atoms with E-state index < -0.39 is 11.7 Å². The molecular weight excluding hydrogens is 293 g/mol. The van der Waals surface area contributed by atoms with Crippen molar-refractivity contribution >= 4 is 17.3 Å². The minimum atomic E-state index is -4.48. The fraction of sp³-hybridized carbons (Fsp3) is 0.200. The third kappa shape index (κ3) is 3.97. The highest BCUT2D eigenvalue weighted by molar-refractivity contribution is 6.01. The fourth-order valence-corrected chi connectivity index (χ4v) is 2.06. The van der Waals surface area contributed by atoms with E-state index in [9.17, 15) is 13.2 Å². The Bertz CT molecular complexity index is 675. The van der Waals surface area contributed by atoms with Crippen LogP contribution in [0.1, 0.15) is 17.0 Å². The Balaban J connectivity index is 2.16. The van der Waals surface area contributed by atoms with Crippen LogP contribution in [0.3, 0.4) is 0 Å². The first-order valence-corrected chi connectivity index (χ1v) is 6.50. The second kappa shape index (κ2) is 6.05. The van der Waals surface area contributed by atoms with E-state index in [1.54, 1.807) is 26.0 Å². The minimum absolute atomic E-state index is 0.171. The number of benzene rings is 1. The van der Waals surface area contributed by atoms with Gasteiger partial charge in [0.15, 0.2) is 5.96 Å². The highest BCUT2D eigenvalue weighted by Gasteiger charge is 2.33. The summed E-state index contributed by atoms with van der Waals surface area (Å²) in [7, 11) is 0. The number of nitrogens with zero attached hydrogens (tertiary/aromatic N) is 1. The molecule has 0 saturated heterocycles. The van der Waals surface area contributed by atoms with Gasteiger partial charge >= 0.3 is 6.18 Å². The van der Waals surface area contributed by atoms with Gasteiger partial charge in [-0.2, -0.15) is 13.2 Å². The highest BCUT2D eigenvalue weighted by atomic mass is 19.4. The quantitative estimate of drug-likeness (QED) is 0.576. The molecule has 0 amide bonds. The first kappa shape index (κ1) is 15.8. The van der Waals surface area contributed by atoms with Crippen LogP contribution in [0.2, 0.25) is 0 Å². The van der Waals surface area contributed by atoms with Crippen LogP contribution < -0.4 is 10.6 Å². The van der Waals surface area contributed by atoms with E-state index in [4.69, 9.17) is 5.41 Å². The minimum Gasteiger partial charge on any atom is -0.326 e. The van der Waals surface area contributed by atoms with Crippen molar-refractivity contribution in [3.63, 3.8) is 0 Å². The number of nitrogens with one attached hydrogen (secondary N) is 3. The molecular formula is C15H15F3N4. The Morgan fingerprint density at radius 2 is 1.64 bits per heavy atom. The molecule has 4 nitrogen and oxygen atoms in total. The third-order valence-corrected chi connectivity index (χ3v) is 2.84. The van der Waals surface area contributed by atoms with Gasteiger partial charge in [0.05, 0.1) is 11.3 Å². The Hall–Kier alpha value is -2.57. The van der Waals surface area contributed by atoms with Crippen molar-refractivity contribution in [1.29, 1.82) is 5.41 Å². The number of para-hydroxylation sites is 1. The molecule has 1 aromatic carbocycles. The maximum atomic E-state index is 12.9. The summed E-state index contributed by atoms with van der Waals surface area (Å²) < 4.78 is 38.7. The summed E-state index contributed by atoms with van der Waals surface area (Å²) in [5, 5.41) is 12.9. The monoisotopic (exact) mass is 308 g/mol. The van der Waals surface area contributed by atoms with Crippen molar-refractivity contribution in [3.05, 3.63) is 53.3 Å². The van der Waals surface area contributed by atoms with Crippen molar-refractivity contribution in [2.75, 3.05) is 10.6 Å². The lowest BCUT2D eigenvalue weighted by Crippen LogP contribution is -2.22. The van der Waals surface area contributed by atoms with Crippen LogP contribution in [0.25, 0.3) is 0 Å². The summed E-state index contributed by atoms with van der Waals surface area (Å²) >= 11 is 0. The molecule has 0 unspecified atom stereocenters. The SMILES string of the molecule is Cc1cc(NC(=N)Nc2ccccc2C(F)(F)F)cc(C)n1. The number of hydrogen-bond acceptors (Lipinski definition) is 2. The van der Waals surface area contributed by atoms with Crippen LogP contribution in [0.5, 0.6) is 0 Å². The summed E-state index contributed by atoms with van der Waals surface area (Å²) in [6.45, 7) is 3.60. The molecule has 0 atom stereocenters. The van der Waals surface area contributed by atoms with Gasteiger partial charge in [0.1, 0.15) is 0 Å². The Kier molecular flexibility index (Phi) is 4.35. The molecule has 0 fully saturated rings. The fourth-order valence-electron chi connectivity index (χ4n) is 2.06. The van der Waals surface area contributed by atoms with Gasteiger partial charge in [-0.1, -0.05) is 12.1 Å². The second-order valence-electron chi connectivity index (χ2n) is 4.81. The van der Waals surface area contributed by atoms with Crippen molar-refractivity contribution in [2.24, 2.45) is 0 Å². The second-order valence-corrected chi connectivity index (χ2v) is 4.81. The average molecular weight is 308 g/mol. The zero-order chi connectivity index (χ0) is 16.3. The lowest BCUT2D eigenvalue weighted by Gasteiger charge is -2.16. The van der Waals surface area contributed by atoms with Gasteiger partial charge in [0, 0.05) is 17.1 Å². The van der Waals surface area contributed by atoms with Crippen LogP contribution in [0.15, 0.2) is 36.4 Å². The van der Waals surface area contributed by atoms with Crippen LogP contribution in [0.4, 0.5) is 24.5 Å². The average Bonchev–Trinajstić information content (AvgIpc) is 2.36. The number of guanidine groups is 1. The zero-order valence-corrected chi connectivity index (χ0v) is 12.0. The predicted octanol–water partition coefficient (Wildman–Crippen LogP) is 4.18. The molecule has 0 spiro atoms. The molecule has 0 bridgehead atoms. The lowest BCUT2D eigenvalue weighted by molar-refractivity contribution is -0.136. The van der Waals surface area contributed by atoms with E-state index in [0.29, 0.717) is 5.69 Å². The predicted molar refractivity (Wildman–Crippen MR) is 80.1 cm³/mol. The summed E-state index contributed by atoms with van der Waals surface area (Å²) in [5.74, 6) is -0.248. The number of halogens is 3. The van der Waals surface area contributed by atoms with E-state index >= 15 is 0 Å². The van der Waals surface area contributed by atoms with E-state index in [0.717, 1.165) is 17.5 Å². The van der Waals surface area contributed by atoms with Gasteiger partial charge in [-0.25, -0.2) is 0 Å². The van der Waals surface area contributed by atoms with Crippen molar-refractivity contribution in [3.8, 4) is 0 Å². The number of alkyl halides is 3. The number of hydrogen-bond donors (Lipinski definition) is 3. The zero-order valence-electron chi connectivity index (χ0n) is 12.0. The highest BCUT2D eigenvalue weighted by Crippen LogP contribution is 2.34. The number of anilines is 2. The Labute approximate surface area is 125 Å². The van der Waals surface area contributed by atoms with Crippen molar-refractivity contribution in [1.82, 2.24) is 4.98 Å². The molecule has 22 heavy (non-hydrogen) atoms. The summed E-state index contributed by atoms with van der Waals surface area (Å²) in [6.07, 6.45) is -4.48. The summed E-state index contributed by atoms with van der Waals surface area (Å²) in [5.41, 5.74) is 1.11. The van der Waals surface area contributed by atoms with Crippen molar-refractivity contribution in [2.45, 2.75) is 20.0 Å². The molecule has 0 saturated carbocycles. The van der Waals surface area contributed by atoms with E-state index in [1.165, 1.54) is 18.2 Å². The van der Waals surface area contributed by atoms with Crippen LogP contribution >= 0.6 is 0 Å². The molecule has 0 radical (unpaired) electrons. The summed E-state index contributed by atoms with van der Waals surface area (Å²) in [4.78, 5) is 4.19. The third-order valence-electron chi connectivity index (χ3n) is 2.84. The number of aromatic nitrogens is 1. The maximum Gasteiger partial charge on any atom is 0.418 e. The molecule has 1 heterocycles. The molecule has 3 N–H and O–H groups in total. The van der Waals surface area contributed by atoms with Gasteiger partial charge in [-0.15, -0.1) is 0 Å². The topological polar surface area (TPSA) is 60.8 Å². The maximum absolute atomic E-state index is 12.9.